The fourth-order valence-electron chi connectivity index (χ4n) is 2.60. The van der Waals surface area contributed by atoms with Gasteiger partial charge in [-0.3, -0.25) is 9.69 Å². The normalized spacial score (nSPS) is 19.3. The average molecular weight is 242 g/mol. The molecule has 0 saturated carbocycles. The van der Waals surface area contributed by atoms with Crippen LogP contribution in [0, 0.1) is 0 Å². The summed E-state index contributed by atoms with van der Waals surface area (Å²) < 4.78 is 4.76. The van der Waals surface area contributed by atoms with Gasteiger partial charge in [0.15, 0.2) is 0 Å². The molecule has 100 valence electrons. The number of nitrogens with zero attached hydrogens (tertiary/aromatic N) is 1. The number of nitrogens with one attached hydrogen (secondary N) is 1. The largest absolute Gasteiger partial charge is 0.469 e. The lowest BCUT2D eigenvalue weighted by Crippen LogP contribution is -2.48. The predicted molar refractivity (Wildman–Crippen MR) is 69.0 cm³/mol. The van der Waals surface area contributed by atoms with Crippen LogP contribution in [0.1, 0.15) is 39.5 Å². The summed E-state index contributed by atoms with van der Waals surface area (Å²) in [6.07, 6.45) is 4.01. The van der Waals surface area contributed by atoms with Crippen molar-refractivity contribution in [3.63, 3.8) is 0 Å². The Balaban J connectivity index is 2.53. The van der Waals surface area contributed by atoms with Crippen molar-refractivity contribution in [3.8, 4) is 0 Å². The van der Waals surface area contributed by atoms with E-state index in [9.17, 15) is 4.79 Å². The lowest BCUT2D eigenvalue weighted by Gasteiger charge is -2.38. The Morgan fingerprint density at radius 2 is 2.12 bits per heavy atom. The topological polar surface area (TPSA) is 41.6 Å². The summed E-state index contributed by atoms with van der Waals surface area (Å²) in [4.78, 5) is 13.8. The van der Waals surface area contributed by atoms with Gasteiger partial charge in [-0.05, 0) is 45.8 Å². The summed E-state index contributed by atoms with van der Waals surface area (Å²) in [5, 5.41) is 3.38. The summed E-state index contributed by atoms with van der Waals surface area (Å²) in [5.74, 6) is -0.104. The summed E-state index contributed by atoms with van der Waals surface area (Å²) in [5.41, 5.74) is 0. The third kappa shape index (κ3) is 4.64. The highest BCUT2D eigenvalue weighted by Gasteiger charge is 2.25. The van der Waals surface area contributed by atoms with Crippen LogP contribution in [0.25, 0.3) is 0 Å². The molecule has 0 bridgehead atoms. The zero-order chi connectivity index (χ0) is 12.7. The molecule has 1 heterocycles. The number of piperidine rings is 1. The van der Waals surface area contributed by atoms with Crippen molar-refractivity contribution in [2.75, 3.05) is 26.7 Å². The highest BCUT2D eigenvalue weighted by molar-refractivity contribution is 5.69. The quantitative estimate of drug-likeness (QED) is 0.715. The zero-order valence-electron chi connectivity index (χ0n) is 11.4. The molecule has 1 saturated heterocycles. The molecule has 0 spiro atoms. The van der Waals surface area contributed by atoms with E-state index in [2.05, 4.69) is 24.1 Å². The molecule has 0 radical (unpaired) electrons. The van der Waals surface area contributed by atoms with E-state index in [1.165, 1.54) is 20.0 Å². The van der Waals surface area contributed by atoms with Gasteiger partial charge in [-0.2, -0.15) is 0 Å². The van der Waals surface area contributed by atoms with Crippen LogP contribution < -0.4 is 5.32 Å². The smallest absolute Gasteiger partial charge is 0.307 e. The summed E-state index contributed by atoms with van der Waals surface area (Å²) in [7, 11) is 1.46. The first-order valence-corrected chi connectivity index (χ1v) is 6.72. The Morgan fingerprint density at radius 1 is 1.47 bits per heavy atom. The third-order valence-corrected chi connectivity index (χ3v) is 3.52. The third-order valence-electron chi connectivity index (χ3n) is 3.52. The summed E-state index contributed by atoms with van der Waals surface area (Å²) >= 11 is 0. The number of rotatable bonds is 6. The van der Waals surface area contributed by atoms with Gasteiger partial charge in [0.1, 0.15) is 0 Å². The van der Waals surface area contributed by atoms with Gasteiger partial charge in [0.2, 0.25) is 0 Å². The number of esters is 1. The molecule has 17 heavy (non-hydrogen) atoms. The van der Waals surface area contributed by atoms with Crippen molar-refractivity contribution >= 4 is 5.97 Å². The van der Waals surface area contributed by atoms with Crippen LogP contribution in [0.15, 0.2) is 0 Å². The lowest BCUT2D eigenvalue weighted by atomic mass is 10.0. The first kappa shape index (κ1) is 14.5. The molecule has 1 atom stereocenters. The van der Waals surface area contributed by atoms with E-state index >= 15 is 0 Å². The van der Waals surface area contributed by atoms with Crippen molar-refractivity contribution in [1.82, 2.24) is 10.2 Å². The highest BCUT2D eigenvalue weighted by Crippen LogP contribution is 2.17. The van der Waals surface area contributed by atoms with Crippen LogP contribution in [0.5, 0.6) is 0 Å². The second-order valence-electron chi connectivity index (χ2n) is 4.85. The van der Waals surface area contributed by atoms with E-state index in [-0.39, 0.29) is 12.0 Å². The van der Waals surface area contributed by atoms with Crippen molar-refractivity contribution in [2.45, 2.75) is 51.6 Å². The van der Waals surface area contributed by atoms with E-state index in [1.807, 2.05) is 0 Å². The first-order valence-electron chi connectivity index (χ1n) is 6.72. The fourth-order valence-corrected chi connectivity index (χ4v) is 2.60. The maximum absolute atomic E-state index is 11.4. The van der Waals surface area contributed by atoms with Crippen LogP contribution in [-0.4, -0.2) is 49.7 Å². The lowest BCUT2D eigenvalue weighted by molar-refractivity contribution is -0.142. The van der Waals surface area contributed by atoms with E-state index in [1.54, 1.807) is 0 Å². The second kappa shape index (κ2) is 7.67. The van der Waals surface area contributed by atoms with Crippen LogP contribution in [0.2, 0.25) is 0 Å². The Labute approximate surface area is 105 Å². The van der Waals surface area contributed by atoms with Crippen LogP contribution >= 0.6 is 0 Å². The van der Waals surface area contributed by atoms with Crippen molar-refractivity contribution in [3.05, 3.63) is 0 Å². The van der Waals surface area contributed by atoms with E-state index in [0.29, 0.717) is 12.5 Å². The molecule has 0 aromatic rings. The molecule has 1 unspecified atom stereocenters. The number of ether oxygens (including phenoxy) is 1. The number of hydrogen-bond donors (Lipinski definition) is 1. The Bertz CT molecular complexity index is 227. The monoisotopic (exact) mass is 242 g/mol. The van der Waals surface area contributed by atoms with Gasteiger partial charge in [0.05, 0.1) is 13.5 Å². The van der Waals surface area contributed by atoms with Gasteiger partial charge in [0.25, 0.3) is 0 Å². The minimum atomic E-state index is -0.104. The van der Waals surface area contributed by atoms with Gasteiger partial charge in [0, 0.05) is 12.1 Å². The predicted octanol–water partition coefficient (Wildman–Crippen LogP) is 1.40. The van der Waals surface area contributed by atoms with E-state index in [4.69, 9.17) is 4.74 Å². The van der Waals surface area contributed by atoms with Gasteiger partial charge in [-0.15, -0.1) is 0 Å². The van der Waals surface area contributed by atoms with Crippen LogP contribution in [0.4, 0.5) is 0 Å². The van der Waals surface area contributed by atoms with Crippen LogP contribution in [-0.2, 0) is 9.53 Å². The summed E-state index contributed by atoms with van der Waals surface area (Å²) in [6, 6.07) is 0.904. The first-order chi connectivity index (χ1) is 8.19. The molecule has 1 rings (SSSR count). The highest BCUT2D eigenvalue weighted by atomic mass is 16.5. The molecular formula is C13H26N2O2. The molecule has 1 N–H and O–H groups in total. The maximum atomic E-state index is 11.4. The molecule has 1 fully saturated rings. The zero-order valence-corrected chi connectivity index (χ0v) is 11.4. The standard InChI is InChI=1S/C13H26N2O2/c1-4-9-15(11(2)10-13(16)17-3)12-5-7-14-8-6-12/h11-12,14H,4-10H2,1-3H3. The Hall–Kier alpha value is -0.610. The number of carbonyl (C=O) groups is 1. The summed E-state index contributed by atoms with van der Waals surface area (Å²) in [6.45, 7) is 7.59. The molecule has 1 aliphatic rings. The molecule has 1 aliphatic heterocycles. The van der Waals surface area contributed by atoms with Crippen molar-refractivity contribution in [2.24, 2.45) is 0 Å². The SMILES string of the molecule is CCCN(C(C)CC(=O)OC)C1CCNCC1. The minimum Gasteiger partial charge on any atom is -0.469 e. The molecule has 4 nitrogen and oxygen atoms in total. The van der Waals surface area contributed by atoms with Gasteiger partial charge >= 0.3 is 5.97 Å². The Kier molecular flexibility index (Phi) is 6.52. The number of hydrogen-bond acceptors (Lipinski definition) is 4. The van der Waals surface area contributed by atoms with Gasteiger partial charge in [-0.25, -0.2) is 0 Å². The average Bonchev–Trinajstić information content (AvgIpc) is 2.36. The van der Waals surface area contributed by atoms with Gasteiger partial charge in [-0.1, -0.05) is 6.92 Å². The molecular weight excluding hydrogens is 216 g/mol. The fraction of sp³-hybridized carbons (Fsp3) is 0.923. The molecule has 0 amide bonds. The Morgan fingerprint density at radius 3 is 2.65 bits per heavy atom. The van der Waals surface area contributed by atoms with E-state index in [0.717, 1.165) is 26.1 Å². The van der Waals surface area contributed by atoms with Crippen LogP contribution in [0.3, 0.4) is 0 Å². The molecule has 0 aromatic heterocycles. The van der Waals surface area contributed by atoms with Crippen molar-refractivity contribution < 1.29 is 9.53 Å². The van der Waals surface area contributed by atoms with E-state index < -0.39 is 0 Å². The minimum absolute atomic E-state index is 0.104. The molecule has 4 heteroatoms. The second-order valence-corrected chi connectivity index (χ2v) is 4.85. The number of methoxy groups -OCH3 is 1. The number of carbonyl (C=O) groups excluding carboxylic acids is 1. The van der Waals surface area contributed by atoms with Crippen molar-refractivity contribution in [1.29, 1.82) is 0 Å². The molecule has 0 aliphatic carbocycles. The maximum Gasteiger partial charge on any atom is 0.307 e. The van der Waals surface area contributed by atoms with Gasteiger partial charge < -0.3 is 10.1 Å². The molecule has 0 aromatic carbocycles.